The molecule has 6 heteroatoms. The van der Waals surface area contributed by atoms with Crippen molar-refractivity contribution in [2.24, 2.45) is 0 Å². The molecule has 1 aromatic carbocycles. The molecule has 1 aliphatic heterocycles. The van der Waals surface area contributed by atoms with Crippen LogP contribution in [-0.2, 0) is 6.42 Å². The van der Waals surface area contributed by atoms with Gasteiger partial charge in [0.25, 0.3) is 5.91 Å². The number of amides is 1. The molecule has 6 nitrogen and oxygen atoms in total. The van der Waals surface area contributed by atoms with Gasteiger partial charge in [-0.3, -0.25) is 9.78 Å². The van der Waals surface area contributed by atoms with E-state index in [-0.39, 0.29) is 5.91 Å². The summed E-state index contributed by atoms with van der Waals surface area (Å²) in [6.07, 6.45) is 4.23. The topological polar surface area (TPSA) is 57.7 Å². The molecular weight excluding hydrogens is 328 g/mol. The van der Waals surface area contributed by atoms with Crippen LogP contribution in [0.3, 0.4) is 0 Å². The molecule has 1 saturated heterocycles. The number of para-hydroxylation sites is 1. The lowest BCUT2D eigenvalue weighted by Crippen LogP contribution is -2.47. The molecule has 0 saturated carbocycles. The molecular formula is C20H26N4O2. The van der Waals surface area contributed by atoms with E-state index in [9.17, 15) is 4.79 Å². The highest BCUT2D eigenvalue weighted by Gasteiger charge is 2.20. The second-order valence-electron chi connectivity index (χ2n) is 6.55. The van der Waals surface area contributed by atoms with E-state index in [0.29, 0.717) is 5.56 Å². The largest absolute Gasteiger partial charge is 0.496 e. The summed E-state index contributed by atoms with van der Waals surface area (Å²) in [5, 5.41) is 3.35. The summed E-state index contributed by atoms with van der Waals surface area (Å²) in [6, 6.07) is 9.88. The Bertz CT molecular complexity index is 742. The average Bonchev–Trinajstić information content (AvgIpc) is 2.68. The van der Waals surface area contributed by atoms with Crippen molar-refractivity contribution >= 4 is 11.6 Å². The van der Waals surface area contributed by atoms with Crippen LogP contribution in [0.1, 0.15) is 15.9 Å². The number of hydrogen-bond acceptors (Lipinski definition) is 5. The van der Waals surface area contributed by atoms with Crippen molar-refractivity contribution in [3.8, 4) is 5.75 Å². The molecule has 1 N–H and O–H groups in total. The molecule has 1 fully saturated rings. The zero-order valence-electron chi connectivity index (χ0n) is 15.4. The fraction of sp³-hybridized carbons (Fsp3) is 0.400. The number of nitrogens with one attached hydrogen (secondary N) is 1. The maximum absolute atomic E-state index is 12.7. The van der Waals surface area contributed by atoms with Crippen LogP contribution in [-0.4, -0.2) is 67.6 Å². The van der Waals surface area contributed by atoms with Crippen molar-refractivity contribution in [2.75, 3.05) is 52.2 Å². The Kier molecular flexibility index (Phi) is 6.07. The molecule has 0 spiro atoms. The number of nitrogens with zero attached hydrogens (tertiary/aromatic N) is 3. The molecule has 138 valence electrons. The number of ether oxygens (including phenoxy) is 1. The van der Waals surface area contributed by atoms with Crippen molar-refractivity contribution in [3.05, 3.63) is 53.9 Å². The standard InChI is InChI=1S/C20H26N4O2/c1-23-9-11-24(12-10-23)20(25)17-13-18(15-21-14-17)22-8-7-16-5-3-4-6-19(16)26-2/h3-6,13-15,22H,7-12H2,1-2H3. The first-order valence-corrected chi connectivity index (χ1v) is 8.96. The summed E-state index contributed by atoms with van der Waals surface area (Å²) in [7, 11) is 3.76. The Balaban J connectivity index is 1.58. The highest BCUT2D eigenvalue weighted by molar-refractivity contribution is 5.94. The van der Waals surface area contributed by atoms with Gasteiger partial charge in [-0.15, -0.1) is 0 Å². The molecule has 1 aliphatic rings. The summed E-state index contributed by atoms with van der Waals surface area (Å²) in [5.41, 5.74) is 2.65. The smallest absolute Gasteiger partial charge is 0.255 e. The summed E-state index contributed by atoms with van der Waals surface area (Å²) in [6.45, 7) is 4.10. The van der Waals surface area contributed by atoms with Gasteiger partial charge in [-0.05, 0) is 31.2 Å². The van der Waals surface area contributed by atoms with Gasteiger partial charge in [-0.1, -0.05) is 18.2 Å². The number of methoxy groups -OCH3 is 1. The van der Waals surface area contributed by atoms with Gasteiger partial charge in [-0.25, -0.2) is 0 Å². The van der Waals surface area contributed by atoms with Crippen molar-refractivity contribution in [1.82, 2.24) is 14.8 Å². The number of hydrogen-bond donors (Lipinski definition) is 1. The number of anilines is 1. The third kappa shape index (κ3) is 4.52. The summed E-state index contributed by atoms with van der Waals surface area (Å²) in [4.78, 5) is 21.0. The first-order chi connectivity index (χ1) is 12.7. The zero-order chi connectivity index (χ0) is 18.4. The molecule has 26 heavy (non-hydrogen) atoms. The van der Waals surface area contributed by atoms with Gasteiger partial charge in [0, 0.05) is 45.1 Å². The van der Waals surface area contributed by atoms with Gasteiger partial charge < -0.3 is 19.9 Å². The molecule has 0 atom stereocenters. The van der Waals surface area contributed by atoms with Gasteiger partial charge in [-0.2, -0.15) is 0 Å². The molecule has 1 aromatic heterocycles. The van der Waals surface area contributed by atoms with Gasteiger partial charge in [0.15, 0.2) is 0 Å². The van der Waals surface area contributed by atoms with E-state index in [1.807, 2.05) is 29.2 Å². The number of rotatable bonds is 6. The SMILES string of the molecule is COc1ccccc1CCNc1cncc(C(=O)N2CCN(C)CC2)c1. The van der Waals surface area contributed by atoms with Gasteiger partial charge >= 0.3 is 0 Å². The number of benzene rings is 1. The highest BCUT2D eigenvalue weighted by atomic mass is 16.5. The molecule has 0 radical (unpaired) electrons. The third-order valence-corrected chi connectivity index (χ3v) is 4.69. The number of carbonyl (C=O) groups excluding carboxylic acids is 1. The molecule has 0 bridgehead atoms. The normalized spacial score (nSPS) is 14.9. The first kappa shape index (κ1) is 18.2. The maximum Gasteiger partial charge on any atom is 0.255 e. The monoisotopic (exact) mass is 354 g/mol. The van der Waals surface area contributed by atoms with E-state index in [1.54, 1.807) is 19.5 Å². The van der Waals surface area contributed by atoms with Crippen LogP contribution in [0.25, 0.3) is 0 Å². The Morgan fingerprint density at radius 3 is 2.73 bits per heavy atom. The quantitative estimate of drug-likeness (QED) is 0.861. The molecule has 2 aromatic rings. The van der Waals surface area contributed by atoms with Crippen LogP contribution < -0.4 is 10.1 Å². The van der Waals surface area contributed by atoms with E-state index in [2.05, 4.69) is 28.3 Å². The van der Waals surface area contributed by atoms with Crippen LogP contribution in [0.5, 0.6) is 5.75 Å². The average molecular weight is 354 g/mol. The van der Waals surface area contributed by atoms with Gasteiger partial charge in [0.2, 0.25) is 0 Å². The first-order valence-electron chi connectivity index (χ1n) is 8.96. The highest BCUT2D eigenvalue weighted by Crippen LogP contribution is 2.18. The molecule has 0 aliphatic carbocycles. The number of likely N-dealkylation sites (N-methyl/N-ethyl adjacent to an activating group) is 1. The summed E-state index contributed by atoms with van der Waals surface area (Å²) in [5.74, 6) is 0.949. The van der Waals surface area contributed by atoms with E-state index >= 15 is 0 Å². The van der Waals surface area contributed by atoms with E-state index in [1.165, 1.54) is 0 Å². The lowest BCUT2D eigenvalue weighted by molar-refractivity contribution is 0.0663. The lowest BCUT2D eigenvalue weighted by atomic mass is 10.1. The van der Waals surface area contributed by atoms with E-state index in [4.69, 9.17) is 4.74 Å². The van der Waals surface area contributed by atoms with Crippen LogP contribution >= 0.6 is 0 Å². The number of aromatic nitrogens is 1. The summed E-state index contributed by atoms with van der Waals surface area (Å²) < 4.78 is 5.38. The maximum atomic E-state index is 12.7. The van der Waals surface area contributed by atoms with Gasteiger partial charge in [0.05, 0.1) is 18.4 Å². The van der Waals surface area contributed by atoms with Crippen LogP contribution in [0, 0.1) is 0 Å². The zero-order valence-corrected chi connectivity index (χ0v) is 15.4. The predicted molar refractivity (Wildman–Crippen MR) is 103 cm³/mol. The minimum Gasteiger partial charge on any atom is -0.496 e. The lowest BCUT2D eigenvalue weighted by Gasteiger charge is -2.32. The number of piperazine rings is 1. The van der Waals surface area contributed by atoms with Crippen LogP contribution in [0.4, 0.5) is 5.69 Å². The fourth-order valence-electron chi connectivity index (χ4n) is 3.10. The Labute approximate surface area is 154 Å². The van der Waals surface area contributed by atoms with Crippen LogP contribution in [0.15, 0.2) is 42.7 Å². The minimum absolute atomic E-state index is 0.0546. The van der Waals surface area contributed by atoms with Crippen molar-refractivity contribution < 1.29 is 9.53 Å². The second-order valence-corrected chi connectivity index (χ2v) is 6.55. The second kappa shape index (κ2) is 8.67. The van der Waals surface area contributed by atoms with Crippen molar-refractivity contribution in [2.45, 2.75) is 6.42 Å². The predicted octanol–water partition coefficient (Wildman–Crippen LogP) is 2.13. The Morgan fingerprint density at radius 1 is 1.19 bits per heavy atom. The molecule has 3 rings (SSSR count). The van der Waals surface area contributed by atoms with Gasteiger partial charge in [0.1, 0.15) is 5.75 Å². The van der Waals surface area contributed by atoms with Crippen molar-refractivity contribution in [3.63, 3.8) is 0 Å². The van der Waals surface area contributed by atoms with E-state index in [0.717, 1.165) is 56.1 Å². The summed E-state index contributed by atoms with van der Waals surface area (Å²) >= 11 is 0. The number of carbonyl (C=O) groups is 1. The Hall–Kier alpha value is -2.60. The fourth-order valence-corrected chi connectivity index (χ4v) is 3.10. The molecule has 2 heterocycles. The van der Waals surface area contributed by atoms with Crippen LogP contribution in [0.2, 0.25) is 0 Å². The Morgan fingerprint density at radius 2 is 1.96 bits per heavy atom. The van der Waals surface area contributed by atoms with E-state index < -0.39 is 0 Å². The van der Waals surface area contributed by atoms with Crippen molar-refractivity contribution in [1.29, 1.82) is 0 Å². The number of pyridine rings is 1. The third-order valence-electron chi connectivity index (χ3n) is 4.69. The minimum atomic E-state index is 0.0546. The molecule has 0 unspecified atom stereocenters. The molecule has 1 amide bonds.